The van der Waals surface area contributed by atoms with Crippen LogP contribution in [0.15, 0.2) is 18.2 Å². The SMILES string of the molecule is NCC(NC(=O)c1cccc(C(F)(F)F)c1F)C1CCCCC1. The molecule has 3 N–H and O–H groups in total. The number of alkyl halides is 3. The number of nitrogens with two attached hydrogens (primary N) is 1. The average molecular weight is 332 g/mol. The summed E-state index contributed by atoms with van der Waals surface area (Å²) in [5, 5.41) is 2.60. The molecule has 0 radical (unpaired) electrons. The Labute approximate surface area is 132 Å². The van der Waals surface area contributed by atoms with E-state index in [2.05, 4.69) is 5.32 Å². The highest BCUT2D eigenvalue weighted by molar-refractivity contribution is 5.95. The summed E-state index contributed by atoms with van der Waals surface area (Å²) in [6.45, 7) is 0.178. The molecule has 1 amide bonds. The molecule has 1 saturated carbocycles. The maximum atomic E-state index is 14.0. The van der Waals surface area contributed by atoms with Gasteiger partial charge in [-0.2, -0.15) is 13.2 Å². The molecule has 1 atom stereocenters. The number of hydrogen-bond donors (Lipinski definition) is 2. The van der Waals surface area contributed by atoms with E-state index in [1.807, 2.05) is 0 Å². The van der Waals surface area contributed by atoms with Crippen LogP contribution in [0.2, 0.25) is 0 Å². The Kier molecular flexibility index (Phi) is 5.62. The Morgan fingerprint density at radius 1 is 1.26 bits per heavy atom. The van der Waals surface area contributed by atoms with Crippen LogP contribution in [0.1, 0.15) is 48.0 Å². The number of halogens is 4. The third-order valence-electron chi connectivity index (χ3n) is 4.34. The molecule has 1 aromatic rings. The molecule has 2 rings (SSSR count). The van der Waals surface area contributed by atoms with Crippen LogP contribution < -0.4 is 11.1 Å². The molecule has 1 fully saturated rings. The number of carbonyl (C=O) groups excluding carboxylic acids is 1. The van der Waals surface area contributed by atoms with Gasteiger partial charge in [0, 0.05) is 12.6 Å². The fourth-order valence-electron chi connectivity index (χ4n) is 3.08. The molecular weight excluding hydrogens is 312 g/mol. The van der Waals surface area contributed by atoms with E-state index in [9.17, 15) is 22.4 Å². The number of nitrogens with one attached hydrogen (secondary N) is 1. The number of rotatable bonds is 4. The Hall–Kier alpha value is -1.63. The second-order valence-corrected chi connectivity index (χ2v) is 5.88. The second-order valence-electron chi connectivity index (χ2n) is 5.88. The van der Waals surface area contributed by atoms with Crippen molar-refractivity contribution in [1.29, 1.82) is 0 Å². The number of hydrogen-bond acceptors (Lipinski definition) is 2. The van der Waals surface area contributed by atoms with Crippen LogP contribution in [0.5, 0.6) is 0 Å². The standard InChI is InChI=1S/C16H20F4N2O/c17-14-11(7-4-8-12(14)16(18,19)20)15(23)22-13(9-21)10-5-2-1-3-6-10/h4,7-8,10,13H,1-3,5-6,9,21H2,(H,22,23). The van der Waals surface area contributed by atoms with Gasteiger partial charge in [-0.15, -0.1) is 0 Å². The summed E-state index contributed by atoms with van der Waals surface area (Å²) < 4.78 is 52.2. The number of carbonyl (C=O) groups is 1. The van der Waals surface area contributed by atoms with Crippen LogP contribution >= 0.6 is 0 Å². The van der Waals surface area contributed by atoms with Gasteiger partial charge in [-0.25, -0.2) is 4.39 Å². The van der Waals surface area contributed by atoms with Gasteiger partial charge in [-0.05, 0) is 30.9 Å². The maximum Gasteiger partial charge on any atom is 0.419 e. The number of benzene rings is 1. The maximum absolute atomic E-state index is 14.0. The first-order chi connectivity index (χ1) is 10.8. The van der Waals surface area contributed by atoms with Crippen molar-refractivity contribution >= 4 is 5.91 Å². The molecule has 0 bridgehead atoms. The summed E-state index contributed by atoms with van der Waals surface area (Å²) in [5.41, 5.74) is 3.64. The zero-order chi connectivity index (χ0) is 17.0. The van der Waals surface area contributed by atoms with Crippen LogP contribution in [0.4, 0.5) is 17.6 Å². The van der Waals surface area contributed by atoms with E-state index in [0.29, 0.717) is 6.07 Å². The molecule has 0 aliphatic heterocycles. The van der Waals surface area contributed by atoms with Crippen molar-refractivity contribution in [3.8, 4) is 0 Å². The van der Waals surface area contributed by atoms with Gasteiger partial charge in [0.05, 0.1) is 11.1 Å². The molecule has 1 unspecified atom stereocenters. The minimum absolute atomic E-state index is 0.178. The third-order valence-corrected chi connectivity index (χ3v) is 4.34. The van der Waals surface area contributed by atoms with Gasteiger partial charge in [-0.1, -0.05) is 25.3 Å². The van der Waals surface area contributed by atoms with Gasteiger partial charge in [0.25, 0.3) is 5.91 Å². The van der Waals surface area contributed by atoms with Crippen LogP contribution in [0, 0.1) is 11.7 Å². The highest BCUT2D eigenvalue weighted by Gasteiger charge is 2.36. The molecule has 3 nitrogen and oxygen atoms in total. The first-order valence-corrected chi connectivity index (χ1v) is 7.71. The summed E-state index contributed by atoms with van der Waals surface area (Å²) in [7, 11) is 0. The summed E-state index contributed by atoms with van der Waals surface area (Å²) in [5.74, 6) is -2.21. The van der Waals surface area contributed by atoms with Gasteiger partial charge < -0.3 is 11.1 Å². The lowest BCUT2D eigenvalue weighted by Crippen LogP contribution is -2.46. The fourth-order valence-corrected chi connectivity index (χ4v) is 3.08. The molecule has 7 heteroatoms. The number of amides is 1. The average Bonchev–Trinajstić information content (AvgIpc) is 2.52. The highest BCUT2D eigenvalue weighted by Crippen LogP contribution is 2.32. The van der Waals surface area contributed by atoms with Crippen LogP contribution in [0.25, 0.3) is 0 Å². The van der Waals surface area contributed by atoms with Crippen molar-refractivity contribution in [1.82, 2.24) is 5.32 Å². The molecule has 1 aliphatic carbocycles. The van der Waals surface area contributed by atoms with E-state index < -0.39 is 29.0 Å². The Balaban J connectivity index is 2.16. The summed E-state index contributed by atoms with van der Waals surface area (Å²) in [6, 6.07) is 2.35. The second kappa shape index (κ2) is 7.29. The zero-order valence-electron chi connectivity index (χ0n) is 12.6. The largest absolute Gasteiger partial charge is 0.419 e. The predicted molar refractivity (Wildman–Crippen MR) is 78.3 cm³/mol. The quantitative estimate of drug-likeness (QED) is 0.830. The smallest absolute Gasteiger partial charge is 0.348 e. The molecule has 0 spiro atoms. The Morgan fingerprint density at radius 2 is 1.91 bits per heavy atom. The van der Waals surface area contributed by atoms with Gasteiger partial charge >= 0.3 is 6.18 Å². The molecule has 128 valence electrons. The molecule has 0 heterocycles. The van der Waals surface area contributed by atoms with E-state index in [0.717, 1.165) is 44.2 Å². The van der Waals surface area contributed by atoms with Crippen LogP contribution in [-0.2, 0) is 6.18 Å². The lowest BCUT2D eigenvalue weighted by atomic mass is 9.84. The van der Waals surface area contributed by atoms with Crippen molar-refractivity contribution in [3.63, 3.8) is 0 Å². The monoisotopic (exact) mass is 332 g/mol. The van der Waals surface area contributed by atoms with Gasteiger partial charge in [0.15, 0.2) is 0 Å². The minimum atomic E-state index is -4.84. The first-order valence-electron chi connectivity index (χ1n) is 7.71. The van der Waals surface area contributed by atoms with E-state index >= 15 is 0 Å². The van der Waals surface area contributed by atoms with E-state index in [1.54, 1.807) is 0 Å². The topological polar surface area (TPSA) is 55.1 Å². The fraction of sp³-hybridized carbons (Fsp3) is 0.562. The molecular formula is C16H20F4N2O. The highest BCUT2D eigenvalue weighted by atomic mass is 19.4. The van der Waals surface area contributed by atoms with Crippen LogP contribution in [0.3, 0.4) is 0 Å². The molecule has 0 aromatic heterocycles. The molecule has 1 aliphatic rings. The van der Waals surface area contributed by atoms with Crippen molar-refractivity contribution < 1.29 is 22.4 Å². The van der Waals surface area contributed by atoms with Crippen molar-refractivity contribution in [2.45, 2.75) is 44.3 Å². The van der Waals surface area contributed by atoms with Crippen molar-refractivity contribution in [3.05, 3.63) is 35.1 Å². The van der Waals surface area contributed by atoms with E-state index in [1.165, 1.54) is 0 Å². The lowest BCUT2D eigenvalue weighted by molar-refractivity contribution is -0.140. The first kappa shape index (κ1) is 17.7. The van der Waals surface area contributed by atoms with Crippen molar-refractivity contribution in [2.24, 2.45) is 11.7 Å². The Bertz CT molecular complexity index is 554. The summed E-state index contributed by atoms with van der Waals surface area (Å²) >= 11 is 0. The predicted octanol–water partition coefficient (Wildman–Crippen LogP) is 3.48. The van der Waals surface area contributed by atoms with Crippen LogP contribution in [-0.4, -0.2) is 18.5 Å². The zero-order valence-corrected chi connectivity index (χ0v) is 12.6. The van der Waals surface area contributed by atoms with Crippen molar-refractivity contribution in [2.75, 3.05) is 6.54 Å². The lowest BCUT2D eigenvalue weighted by Gasteiger charge is -2.30. The summed E-state index contributed by atoms with van der Waals surface area (Å²) in [4.78, 5) is 12.2. The van der Waals surface area contributed by atoms with E-state index in [-0.39, 0.29) is 18.5 Å². The van der Waals surface area contributed by atoms with Gasteiger partial charge in [0.2, 0.25) is 0 Å². The molecule has 0 saturated heterocycles. The normalized spacial score (nSPS) is 17.8. The minimum Gasteiger partial charge on any atom is -0.348 e. The van der Waals surface area contributed by atoms with E-state index in [4.69, 9.17) is 5.73 Å². The van der Waals surface area contributed by atoms with Gasteiger partial charge in [0.1, 0.15) is 5.82 Å². The van der Waals surface area contributed by atoms with Gasteiger partial charge in [-0.3, -0.25) is 4.79 Å². The Morgan fingerprint density at radius 3 is 2.48 bits per heavy atom. The third kappa shape index (κ3) is 4.22. The molecule has 23 heavy (non-hydrogen) atoms. The summed E-state index contributed by atoms with van der Waals surface area (Å²) in [6.07, 6.45) is 0.186. The molecule has 1 aromatic carbocycles.